The van der Waals surface area contributed by atoms with Gasteiger partial charge in [-0.3, -0.25) is 4.68 Å². The summed E-state index contributed by atoms with van der Waals surface area (Å²) >= 11 is 3.75. The highest BCUT2D eigenvalue weighted by molar-refractivity contribution is 14.1. The number of hydrogen-bond donors (Lipinski definition) is 0. The van der Waals surface area contributed by atoms with Gasteiger partial charge in [0.05, 0.1) is 15.6 Å². The fourth-order valence-electron chi connectivity index (χ4n) is 4.68. The molecule has 0 spiro atoms. The number of esters is 1. The van der Waals surface area contributed by atoms with Crippen LogP contribution in [0.1, 0.15) is 27.2 Å². The number of thiophene rings is 1. The predicted octanol–water partition coefficient (Wildman–Crippen LogP) is 6.93. The molecule has 1 aliphatic rings. The lowest BCUT2D eigenvalue weighted by Gasteiger charge is -2.41. The molecule has 0 bridgehead atoms. The van der Waals surface area contributed by atoms with Crippen molar-refractivity contribution < 1.29 is 9.53 Å². The molecule has 2 aromatic heterocycles. The molecule has 0 radical (unpaired) electrons. The Hall–Kier alpha value is -2.97. The zero-order valence-corrected chi connectivity index (χ0v) is 21.6. The van der Waals surface area contributed by atoms with Gasteiger partial charge >= 0.3 is 5.97 Å². The van der Waals surface area contributed by atoms with E-state index in [2.05, 4.69) is 106 Å². The first-order chi connectivity index (χ1) is 16.6. The SMILES string of the molecule is COC(=O)c1ccc(-c2nn(C(c3ccccc3)(c3ccccc3)C3C=CC=CC3)cc2I)s1. The number of allylic oxidation sites excluding steroid dienone is 4. The van der Waals surface area contributed by atoms with Crippen molar-refractivity contribution in [3.05, 3.63) is 123 Å². The van der Waals surface area contributed by atoms with Gasteiger partial charge in [0.25, 0.3) is 0 Å². The number of carbonyl (C=O) groups excluding carboxylic acids is 1. The zero-order valence-electron chi connectivity index (χ0n) is 18.6. The number of methoxy groups -OCH3 is 1. The minimum Gasteiger partial charge on any atom is -0.465 e. The number of hydrogen-bond acceptors (Lipinski definition) is 4. The van der Waals surface area contributed by atoms with Gasteiger partial charge in [0.15, 0.2) is 0 Å². The van der Waals surface area contributed by atoms with Crippen LogP contribution in [0.5, 0.6) is 0 Å². The molecule has 170 valence electrons. The van der Waals surface area contributed by atoms with Crippen LogP contribution in [-0.2, 0) is 10.3 Å². The Morgan fingerprint density at radius 1 is 1.03 bits per heavy atom. The molecule has 1 aliphatic carbocycles. The summed E-state index contributed by atoms with van der Waals surface area (Å²) in [7, 11) is 1.40. The molecule has 1 unspecified atom stereocenters. The molecule has 2 aromatic carbocycles. The van der Waals surface area contributed by atoms with E-state index in [0.717, 1.165) is 20.6 Å². The Morgan fingerprint density at radius 2 is 1.71 bits per heavy atom. The third-order valence-corrected chi connectivity index (χ3v) is 8.06. The van der Waals surface area contributed by atoms with E-state index in [1.54, 1.807) is 6.07 Å². The van der Waals surface area contributed by atoms with E-state index in [1.807, 2.05) is 18.2 Å². The molecule has 4 nitrogen and oxygen atoms in total. The normalized spacial score (nSPS) is 15.4. The molecule has 0 saturated heterocycles. The number of halogens is 1. The van der Waals surface area contributed by atoms with E-state index in [9.17, 15) is 4.79 Å². The van der Waals surface area contributed by atoms with Crippen molar-refractivity contribution in [2.24, 2.45) is 5.92 Å². The van der Waals surface area contributed by atoms with Crippen LogP contribution in [0.15, 0.2) is 103 Å². The molecule has 0 amide bonds. The van der Waals surface area contributed by atoms with Crippen molar-refractivity contribution in [2.75, 3.05) is 7.11 Å². The number of carbonyl (C=O) groups is 1. The van der Waals surface area contributed by atoms with Gasteiger partial charge in [-0.25, -0.2) is 4.79 Å². The Balaban J connectivity index is 1.74. The third-order valence-electron chi connectivity index (χ3n) is 6.20. The third kappa shape index (κ3) is 3.95. The molecule has 5 rings (SSSR count). The number of nitrogens with zero attached hydrogens (tertiary/aromatic N) is 2. The highest BCUT2D eigenvalue weighted by Gasteiger charge is 2.44. The van der Waals surface area contributed by atoms with Crippen LogP contribution < -0.4 is 0 Å². The predicted molar refractivity (Wildman–Crippen MR) is 145 cm³/mol. The minimum atomic E-state index is -0.537. The van der Waals surface area contributed by atoms with Gasteiger partial charge in [-0.05, 0) is 52.3 Å². The average Bonchev–Trinajstić information content (AvgIpc) is 3.53. The summed E-state index contributed by atoms with van der Waals surface area (Å²) in [6, 6.07) is 25.0. The molecular formula is C28H23IN2O2S. The maximum atomic E-state index is 12.0. The molecule has 0 N–H and O–H groups in total. The van der Waals surface area contributed by atoms with Crippen molar-refractivity contribution in [3.8, 4) is 10.6 Å². The number of ether oxygens (including phenoxy) is 1. The summed E-state index contributed by atoms with van der Waals surface area (Å²) in [4.78, 5) is 13.5. The minimum absolute atomic E-state index is 0.166. The van der Waals surface area contributed by atoms with Crippen molar-refractivity contribution in [3.63, 3.8) is 0 Å². The second-order valence-electron chi connectivity index (χ2n) is 8.08. The highest BCUT2D eigenvalue weighted by atomic mass is 127. The van der Waals surface area contributed by atoms with E-state index in [0.29, 0.717) is 4.88 Å². The fraction of sp³-hybridized carbons (Fsp3) is 0.143. The van der Waals surface area contributed by atoms with Gasteiger partial charge < -0.3 is 4.74 Å². The van der Waals surface area contributed by atoms with E-state index in [4.69, 9.17) is 9.84 Å². The van der Waals surface area contributed by atoms with E-state index in [1.165, 1.54) is 29.6 Å². The van der Waals surface area contributed by atoms with Gasteiger partial charge in [0.1, 0.15) is 16.1 Å². The van der Waals surface area contributed by atoms with Gasteiger partial charge in [-0.1, -0.05) is 85.0 Å². The number of benzene rings is 2. The monoisotopic (exact) mass is 578 g/mol. The summed E-state index contributed by atoms with van der Waals surface area (Å²) < 4.78 is 8.06. The van der Waals surface area contributed by atoms with Crippen LogP contribution in [0.25, 0.3) is 10.6 Å². The number of rotatable bonds is 6. The van der Waals surface area contributed by atoms with Gasteiger partial charge in [-0.2, -0.15) is 5.10 Å². The van der Waals surface area contributed by atoms with Crippen LogP contribution in [0.3, 0.4) is 0 Å². The Bertz CT molecular complexity index is 1320. The van der Waals surface area contributed by atoms with Crippen LogP contribution in [-0.4, -0.2) is 22.9 Å². The molecule has 0 aliphatic heterocycles. The second-order valence-corrected chi connectivity index (χ2v) is 10.3. The Morgan fingerprint density at radius 3 is 2.29 bits per heavy atom. The summed E-state index contributed by atoms with van der Waals surface area (Å²) in [5, 5.41) is 5.19. The molecule has 0 saturated carbocycles. The second kappa shape index (κ2) is 9.72. The summed E-state index contributed by atoms with van der Waals surface area (Å²) in [5.74, 6) is -0.160. The maximum Gasteiger partial charge on any atom is 0.348 e. The standard InChI is InChI=1S/C28H23IN2O2S/c1-33-27(32)25-18-17-24(34-25)26-23(29)19-31(30-26)28(20-11-5-2-6-12-20,21-13-7-3-8-14-21)22-15-9-4-10-16-22/h2-15,17-19,22H,16H2,1H3. The molecular weight excluding hydrogens is 555 g/mol. The van der Waals surface area contributed by atoms with E-state index in [-0.39, 0.29) is 11.9 Å². The maximum absolute atomic E-state index is 12.0. The first kappa shape index (κ1) is 22.8. The number of aromatic nitrogens is 2. The largest absolute Gasteiger partial charge is 0.465 e. The summed E-state index contributed by atoms with van der Waals surface area (Å²) in [6.07, 6.45) is 11.8. The highest BCUT2D eigenvalue weighted by Crippen LogP contribution is 2.45. The van der Waals surface area contributed by atoms with E-state index >= 15 is 0 Å². The van der Waals surface area contributed by atoms with Crippen LogP contribution >= 0.6 is 33.9 Å². The summed E-state index contributed by atoms with van der Waals surface area (Å²) in [5.41, 5.74) is 2.69. The van der Waals surface area contributed by atoms with Gasteiger partial charge in [0.2, 0.25) is 0 Å². The molecule has 6 heteroatoms. The first-order valence-electron chi connectivity index (χ1n) is 11.0. The molecule has 2 heterocycles. The zero-order chi connectivity index (χ0) is 23.5. The van der Waals surface area contributed by atoms with Crippen molar-refractivity contribution in [1.29, 1.82) is 0 Å². The molecule has 0 fully saturated rings. The van der Waals surface area contributed by atoms with Crippen molar-refractivity contribution in [1.82, 2.24) is 9.78 Å². The lowest BCUT2D eigenvalue weighted by Crippen LogP contribution is -2.43. The van der Waals surface area contributed by atoms with Gasteiger partial charge in [-0.15, -0.1) is 11.3 Å². The Labute approximate surface area is 216 Å². The summed E-state index contributed by atoms with van der Waals surface area (Å²) in [6.45, 7) is 0. The Kier molecular flexibility index (Phi) is 6.52. The van der Waals surface area contributed by atoms with Crippen molar-refractivity contribution >= 4 is 39.9 Å². The van der Waals surface area contributed by atoms with Crippen LogP contribution in [0.2, 0.25) is 0 Å². The molecule has 1 atom stereocenters. The van der Waals surface area contributed by atoms with Crippen molar-refractivity contribution in [2.45, 2.75) is 12.0 Å². The lowest BCUT2D eigenvalue weighted by molar-refractivity contribution is 0.0606. The molecule has 4 aromatic rings. The average molecular weight is 578 g/mol. The van der Waals surface area contributed by atoms with Gasteiger partial charge in [0, 0.05) is 12.1 Å². The lowest BCUT2D eigenvalue weighted by atomic mass is 9.70. The molecule has 34 heavy (non-hydrogen) atoms. The quantitative estimate of drug-likeness (QED) is 0.184. The fourth-order valence-corrected chi connectivity index (χ4v) is 6.45. The van der Waals surface area contributed by atoms with Crippen LogP contribution in [0.4, 0.5) is 0 Å². The topological polar surface area (TPSA) is 44.1 Å². The first-order valence-corrected chi connectivity index (χ1v) is 12.9. The van der Waals surface area contributed by atoms with E-state index < -0.39 is 5.54 Å². The smallest absolute Gasteiger partial charge is 0.348 e. The van der Waals surface area contributed by atoms with Crippen LogP contribution in [0, 0.1) is 9.49 Å².